The lowest BCUT2D eigenvalue weighted by atomic mass is 9.96. The topological polar surface area (TPSA) is 66.6 Å². The molecule has 0 spiro atoms. The zero-order valence-corrected chi connectivity index (χ0v) is 13.7. The summed E-state index contributed by atoms with van der Waals surface area (Å²) in [7, 11) is 1.65. The number of aryl methyl sites for hydroxylation is 1. The minimum Gasteiger partial charge on any atom is -0.378 e. The van der Waals surface area contributed by atoms with E-state index in [1.807, 2.05) is 0 Å². The Labute approximate surface area is 139 Å². The van der Waals surface area contributed by atoms with Gasteiger partial charge in [-0.3, -0.25) is 4.79 Å². The summed E-state index contributed by atoms with van der Waals surface area (Å²) in [5.41, 5.74) is 2.39. The second kappa shape index (κ2) is 6.72. The minimum absolute atomic E-state index is 0.329. The zero-order chi connectivity index (χ0) is 16.4. The molecule has 122 valence electrons. The molecule has 3 rings (SSSR count). The fraction of sp³-hybridized carbons (Fsp3) is 0.412. The first kappa shape index (κ1) is 16.0. The lowest BCUT2D eigenvalue weighted by Gasteiger charge is -2.21. The first-order valence-corrected chi connectivity index (χ1v) is 8.09. The van der Waals surface area contributed by atoms with Crippen LogP contribution in [-0.2, 0) is 24.2 Å². The first-order valence-electron chi connectivity index (χ1n) is 7.71. The van der Waals surface area contributed by atoms with E-state index >= 15 is 0 Å². The zero-order valence-electron chi connectivity index (χ0n) is 13.0. The summed E-state index contributed by atoms with van der Waals surface area (Å²) >= 11 is 5.91. The van der Waals surface area contributed by atoms with Crippen molar-refractivity contribution in [3.05, 3.63) is 51.9 Å². The number of nitrogens with zero attached hydrogens (tertiary/aromatic N) is 2. The van der Waals surface area contributed by atoms with Gasteiger partial charge in [0, 0.05) is 24.1 Å². The van der Waals surface area contributed by atoms with Gasteiger partial charge in [-0.2, -0.15) is 0 Å². The Balaban J connectivity index is 1.71. The van der Waals surface area contributed by atoms with Gasteiger partial charge < -0.3 is 14.5 Å². The molecule has 1 aromatic heterocycles. The fourth-order valence-electron chi connectivity index (χ4n) is 2.90. The van der Waals surface area contributed by atoms with E-state index in [0.29, 0.717) is 17.1 Å². The van der Waals surface area contributed by atoms with Crippen molar-refractivity contribution in [2.45, 2.75) is 38.3 Å². The number of likely N-dealkylation sites (N-methyl/N-ethyl adjacent to an activating group) is 1. The lowest BCUT2D eigenvalue weighted by Crippen LogP contribution is -2.31. The number of halogens is 1. The molecule has 1 amide bonds. The molecule has 23 heavy (non-hydrogen) atoms. The van der Waals surface area contributed by atoms with Crippen molar-refractivity contribution in [2.75, 3.05) is 7.05 Å². The monoisotopic (exact) mass is 334 g/mol. The highest BCUT2D eigenvalue weighted by atomic mass is 35.5. The van der Waals surface area contributed by atoms with E-state index in [1.54, 1.807) is 31.3 Å². The molecule has 1 N–H and O–H groups in total. The average Bonchev–Trinajstić information content (AvgIpc) is 2.96. The molecule has 5 nitrogen and oxygen atoms in total. The number of amides is 1. The van der Waals surface area contributed by atoms with E-state index < -0.39 is 6.10 Å². The van der Waals surface area contributed by atoms with Crippen LogP contribution in [0.3, 0.4) is 0 Å². The van der Waals surface area contributed by atoms with Gasteiger partial charge in [-0.1, -0.05) is 28.9 Å². The Hall–Kier alpha value is -1.85. The van der Waals surface area contributed by atoms with Crippen LogP contribution in [0.5, 0.6) is 0 Å². The number of carbonyl (C=O) groups is 1. The van der Waals surface area contributed by atoms with Gasteiger partial charge in [0.2, 0.25) is 0 Å². The number of hydrogen-bond acceptors (Lipinski definition) is 4. The molecule has 1 aromatic carbocycles. The van der Waals surface area contributed by atoms with Gasteiger partial charge in [0.1, 0.15) is 11.5 Å². The van der Waals surface area contributed by atoms with Crippen LogP contribution in [0.1, 0.15) is 41.5 Å². The number of benzene rings is 1. The van der Waals surface area contributed by atoms with E-state index in [1.165, 1.54) is 4.90 Å². The Bertz CT molecular complexity index is 714. The molecule has 0 bridgehead atoms. The third-order valence-electron chi connectivity index (χ3n) is 4.19. The predicted octanol–water partition coefficient (Wildman–Crippen LogP) is 2.90. The maximum atomic E-state index is 12.4. The normalized spacial score (nSPS) is 15.1. The van der Waals surface area contributed by atoms with Crippen LogP contribution < -0.4 is 0 Å². The van der Waals surface area contributed by atoms with Crippen molar-refractivity contribution in [1.29, 1.82) is 0 Å². The predicted molar refractivity (Wildman–Crippen MR) is 86.0 cm³/mol. The Kier molecular flexibility index (Phi) is 4.68. The molecule has 1 aliphatic carbocycles. The molecular formula is C17H19ClN2O3. The molecule has 6 heteroatoms. The summed E-state index contributed by atoms with van der Waals surface area (Å²) in [5.74, 6) is 0.544. The van der Waals surface area contributed by atoms with Crippen LogP contribution in [0.4, 0.5) is 0 Å². The number of hydrogen-bond donors (Lipinski definition) is 1. The summed E-state index contributed by atoms with van der Waals surface area (Å²) in [5, 5.41) is 14.8. The number of carbonyl (C=O) groups excluding carboxylic acids is 1. The summed E-state index contributed by atoms with van der Waals surface area (Å²) in [6, 6.07) is 6.69. The molecule has 0 aliphatic heterocycles. The molecule has 2 aromatic rings. The fourth-order valence-corrected chi connectivity index (χ4v) is 3.10. The van der Waals surface area contributed by atoms with Crippen molar-refractivity contribution >= 4 is 17.5 Å². The molecule has 1 atom stereocenters. The number of aromatic nitrogens is 1. The number of fused-ring (bicyclic) bond motifs is 1. The highest BCUT2D eigenvalue weighted by molar-refractivity contribution is 6.30. The maximum absolute atomic E-state index is 12.4. The van der Waals surface area contributed by atoms with E-state index in [0.717, 1.165) is 42.7 Å². The summed E-state index contributed by atoms with van der Waals surface area (Å²) < 4.78 is 5.36. The quantitative estimate of drug-likeness (QED) is 0.933. The summed E-state index contributed by atoms with van der Waals surface area (Å²) in [6.45, 7) is 0.329. The van der Waals surface area contributed by atoms with Crippen molar-refractivity contribution in [1.82, 2.24) is 10.1 Å². The van der Waals surface area contributed by atoms with Crippen LogP contribution in [0.2, 0.25) is 5.02 Å². The number of rotatable bonds is 4. The lowest BCUT2D eigenvalue weighted by molar-refractivity contribution is -0.139. The Morgan fingerprint density at radius 1 is 1.43 bits per heavy atom. The molecular weight excluding hydrogens is 316 g/mol. The number of aliphatic hydroxyl groups excluding tert-OH is 1. The van der Waals surface area contributed by atoms with Crippen LogP contribution in [0, 0.1) is 0 Å². The van der Waals surface area contributed by atoms with Crippen molar-refractivity contribution in [3.63, 3.8) is 0 Å². The van der Waals surface area contributed by atoms with Gasteiger partial charge in [0.05, 0.1) is 6.54 Å². The molecule has 0 saturated carbocycles. The minimum atomic E-state index is -1.23. The first-order chi connectivity index (χ1) is 11.1. The average molecular weight is 335 g/mol. The molecule has 0 saturated heterocycles. The van der Waals surface area contributed by atoms with Crippen molar-refractivity contribution < 1.29 is 14.4 Å². The molecule has 0 fully saturated rings. The Morgan fingerprint density at radius 3 is 3.00 bits per heavy atom. The second-order valence-corrected chi connectivity index (χ2v) is 6.33. The van der Waals surface area contributed by atoms with Gasteiger partial charge in [0.25, 0.3) is 5.91 Å². The standard InChI is InChI=1S/C17H19ClN2O3/c1-20(10-14-13-7-2-3-8-15(13)23-19-14)17(22)16(21)11-5-4-6-12(18)9-11/h4-6,9,16,21H,2-3,7-8,10H2,1H3. The molecule has 1 unspecified atom stereocenters. The van der Waals surface area contributed by atoms with Gasteiger partial charge >= 0.3 is 0 Å². The molecule has 0 radical (unpaired) electrons. The number of aliphatic hydroxyl groups is 1. The van der Waals surface area contributed by atoms with E-state index in [2.05, 4.69) is 5.16 Å². The van der Waals surface area contributed by atoms with E-state index in [4.69, 9.17) is 16.1 Å². The molecule has 1 heterocycles. The second-order valence-electron chi connectivity index (χ2n) is 5.89. The van der Waals surface area contributed by atoms with Crippen LogP contribution in [0.25, 0.3) is 0 Å². The van der Waals surface area contributed by atoms with Gasteiger partial charge in [-0.15, -0.1) is 0 Å². The summed E-state index contributed by atoms with van der Waals surface area (Å²) in [6.07, 6.45) is 2.84. The van der Waals surface area contributed by atoms with E-state index in [-0.39, 0.29) is 5.91 Å². The SMILES string of the molecule is CN(Cc1noc2c1CCCC2)C(=O)C(O)c1cccc(Cl)c1. The van der Waals surface area contributed by atoms with Gasteiger partial charge in [0.15, 0.2) is 6.10 Å². The van der Waals surface area contributed by atoms with Crippen LogP contribution in [0.15, 0.2) is 28.8 Å². The third kappa shape index (κ3) is 3.41. The smallest absolute Gasteiger partial charge is 0.256 e. The maximum Gasteiger partial charge on any atom is 0.256 e. The third-order valence-corrected chi connectivity index (χ3v) is 4.43. The Morgan fingerprint density at radius 2 is 2.22 bits per heavy atom. The molecule has 1 aliphatic rings. The van der Waals surface area contributed by atoms with Crippen molar-refractivity contribution in [3.8, 4) is 0 Å². The summed E-state index contributed by atoms with van der Waals surface area (Å²) in [4.78, 5) is 13.9. The van der Waals surface area contributed by atoms with Crippen molar-refractivity contribution in [2.24, 2.45) is 0 Å². The highest BCUT2D eigenvalue weighted by Gasteiger charge is 2.25. The van der Waals surface area contributed by atoms with Crippen LogP contribution >= 0.6 is 11.6 Å². The van der Waals surface area contributed by atoms with Gasteiger partial charge in [-0.25, -0.2) is 0 Å². The largest absolute Gasteiger partial charge is 0.378 e. The van der Waals surface area contributed by atoms with E-state index in [9.17, 15) is 9.90 Å². The van der Waals surface area contributed by atoms with Crippen LogP contribution in [-0.4, -0.2) is 28.1 Å². The highest BCUT2D eigenvalue weighted by Crippen LogP contribution is 2.26. The van der Waals surface area contributed by atoms with Gasteiger partial charge in [-0.05, 0) is 37.0 Å².